The van der Waals surface area contributed by atoms with Gasteiger partial charge in [0.1, 0.15) is 5.15 Å². The molecule has 112 valence electrons. The number of halogens is 1. The van der Waals surface area contributed by atoms with Gasteiger partial charge in [-0.15, -0.1) is 0 Å². The van der Waals surface area contributed by atoms with Crippen LogP contribution in [0, 0.1) is 0 Å². The summed E-state index contributed by atoms with van der Waals surface area (Å²) >= 11 is 5.92. The Morgan fingerprint density at radius 2 is 1.96 bits per heavy atom. The van der Waals surface area contributed by atoms with E-state index in [2.05, 4.69) is 15.3 Å². The Kier molecular flexibility index (Phi) is 3.09. The molecule has 0 aliphatic carbocycles. The number of hydrogen-bond acceptors (Lipinski definition) is 4. The number of pyridine rings is 2. The van der Waals surface area contributed by atoms with Gasteiger partial charge in [-0.25, -0.2) is 4.98 Å². The number of amides is 2. The van der Waals surface area contributed by atoms with Crippen molar-refractivity contribution in [2.24, 2.45) is 0 Å². The van der Waals surface area contributed by atoms with Crippen LogP contribution in [0.4, 0.5) is 0 Å². The summed E-state index contributed by atoms with van der Waals surface area (Å²) in [5, 5.41) is 3.63. The molecule has 4 rings (SSSR count). The van der Waals surface area contributed by atoms with Crippen LogP contribution < -0.4 is 5.32 Å². The molecule has 3 heterocycles. The van der Waals surface area contributed by atoms with Crippen molar-refractivity contribution in [2.75, 3.05) is 0 Å². The third-order valence-corrected chi connectivity index (χ3v) is 4.03. The second kappa shape index (κ2) is 5.14. The maximum atomic E-state index is 12.0. The Bertz CT molecular complexity index is 985. The molecule has 1 N–H and O–H groups in total. The number of rotatable bonds is 2. The molecule has 2 aromatic heterocycles. The van der Waals surface area contributed by atoms with Crippen LogP contribution in [0.5, 0.6) is 0 Å². The lowest BCUT2D eigenvalue weighted by Gasteiger charge is -2.06. The second-order valence-electron chi connectivity index (χ2n) is 5.30. The molecule has 1 aliphatic rings. The minimum atomic E-state index is -0.359. The largest absolute Gasteiger partial charge is 0.288 e. The number of imide groups is 1. The summed E-state index contributed by atoms with van der Waals surface area (Å²) < 4.78 is 0. The van der Waals surface area contributed by atoms with E-state index in [0.29, 0.717) is 22.7 Å². The van der Waals surface area contributed by atoms with Gasteiger partial charge in [0.2, 0.25) is 0 Å². The third kappa shape index (κ3) is 2.35. The predicted molar refractivity (Wildman–Crippen MR) is 85.6 cm³/mol. The quantitative estimate of drug-likeness (QED) is 0.581. The molecule has 0 unspecified atom stereocenters. The topological polar surface area (TPSA) is 72.0 Å². The lowest BCUT2D eigenvalue weighted by molar-refractivity contribution is 0.0879. The first kappa shape index (κ1) is 13.8. The number of hydrogen-bond donors (Lipinski definition) is 1. The van der Waals surface area contributed by atoms with Crippen molar-refractivity contribution in [1.29, 1.82) is 0 Å². The molecular formula is C17H10ClN3O2. The fraction of sp³-hybridized carbons (Fsp3) is 0.0588. The van der Waals surface area contributed by atoms with Crippen LogP contribution in [0.2, 0.25) is 5.15 Å². The van der Waals surface area contributed by atoms with E-state index < -0.39 is 0 Å². The van der Waals surface area contributed by atoms with E-state index in [0.717, 1.165) is 22.2 Å². The van der Waals surface area contributed by atoms with E-state index in [1.165, 1.54) is 0 Å². The zero-order valence-corrected chi connectivity index (χ0v) is 12.6. The summed E-state index contributed by atoms with van der Waals surface area (Å²) in [4.78, 5) is 32.4. The minimum absolute atomic E-state index is 0.355. The maximum Gasteiger partial charge on any atom is 0.259 e. The van der Waals surface area contributed by atoms with Crippen molar-refractivity contribution in [2.45, 2.75) is 6.42 Å². The fourth-order valence-corrected chi connectivity index (χ4v) is 2.92. The van der Waals surface area contributed by atoms with Gasteiger partial charge in [-0.3, -0.25) is 19.9 Å². The molecule has 1 aliphatic heterocycles. The molecule has 2 amide bonds. The van der Waals surface area contributed by atoms with Crippen LogP contribution in [-0.4, -0.2) is 21.8 Å². The lowest BCUT2D eigenvalue weighted by atomic mass is 9.98. The highest BCUT2D eigenvalue weighted by Crippen LogP contribution is 2.23. The normalized spacial score (nSPS) is 13.3. The highest BCUT2D eigenvalue weighted by atomic mass is 35.5. The van der Waals surface area contributed by atoms with Crippen molar-refractivity contribution >= 4 is 34.3 Å². The number of nitrogens with zero attached hydrogens (tertiary/aromatic N) is 2. The molecule has 3 aromatic rings. The fourth-order valence-electron chi connectivity index (χ4n) is 2.76. The average molecular weight is 324 g/mol. The number of carbonyl (C=O) groups is 2. The lowest BCUT2D eigenvalue weighted by Crippen LogP contribution is -2.20. The van der Waals surface area contributed by atoms with Crippen molar-refractivity contribution in [1.82, 2.24) is 15.3 Å². The van der Waals surface area contributed by atoms with Crippen LogP contribution in [0.25, 0.3) is 10.9 Å². The summed E-state index contributed by atoms with van der Waals surface area (Å²) in [5.74, 6) is -0.714. The molecule has 0 saturated heterocycles. The number of carbonyl (C=O) groups excluding carboxylic acids is 2. The first-order chi connectivity index (χ1) is 11.1. The monoisotopic (exact) mass is 323 g/mol. The summed E-state index contributed by atoms with van der Waals surface area (Å²) in [6.45, 7) is 0. The van der Waals surface area contributed by atoms with Gasteiger partial charge in [0.15, 0.2) is 0 Å². The maximum absolute atomic E-state index is 12.0. The first-order valence-corrected chi connectivity index (χ1v) is 7.38. The molecule has 0 spiro atoms. The van der Waals surface area contributed by atoms with E-state index >= 15 is 0 Å². The zero-order chi connectivity index (χ0) is 16.0. The highest BCUT2D eigenvalue weighted by molar-refractivity contribution is 6.29. The van der Waals surface area contributed by atoms with Crippen molar-refractivity contribution < 1.29 is 9.59 Å². The van der Waals surface area contributed by atoms with Gasteiger partial charge in [0.25, 0.3) is 11.8 Å². The molecule has 6 heteroatoms. The second-order valence-corrected chi connectivity index (χ2v) is 5.69. The van der Waals surface area contributed by atoms with Gasteiger partial charge in [-0.05, 0) is 29.8 Å². The summed E-state index contributed by atoms with van der Waals surface area (Å²) in [5.41, 5.74) is 3.11. The minimum Gasteiger partial charge on any atom is -0.288 e. The Morgan fingerprint density at radius 3 is 2.83 bits per heavy atom. The molecule has 1 aromatic carbocycles. The summed E-state index contributed by atoms with van der Waals surface area (Å²) in [6, 6.07) is 10.7. The molecular weight excluding hydrogens is 314 g/mol. The standard InChI is InChI=1S/C17H10ClN3O2/c18-14-5-4-10-8-19-11(7-13(10)20-14)6-9-2-1-3-12-15(9)17(23)21-16(12)22/h1-5,7-8H,6H2,(H,21,22,23). The van der Waals surface area contributed by atoms with E-state index in [9.17, 15) is 9.59 Å². The molecule has 0 radical (unpaired) electrons. The molecule has 0 fully saturated rings. The van der Waals surface area contributed by atoms with Gasteiger partial charge in [0.05, 0.1) is 16.6 Å². The van der Waals surface area contributed by atoms with Crippen molar-refractivity contribution in [3.8, 4) is 0 Å². The molecule has 0 saturated carbocycles. The summed E-state index contributed by atoms with van der Waals surface area (Å²) in [6.07, 6.45) is 2.16. The molecule has 23 heavy (non-hydrogen) atoms. The third-order valence-electron chi connectivity index (χ3n) is 3.82. The first-order valence-electron chi connectivity index (χ1n) is 7.00. The molecule has 0 atom stereocenters. The highest BCUT2D eigenvalue weighted by Gasteiger charge is 2.29. The van der Waals surface area contributed by atoms with Crippen molar-refractivity contribution in [3.05, 3.63) is 70.1 Å². The Hall–Kier alpha value is -2.79. The van der Waals surface area contributed by atoms with Crippen LogP contribution in [0.15, 0.2) is 42.6 Å². The van der Waals surface area contributed by atoms with Crippen LogP contribution in [0.1, 0.15) is 32.0 Å². The zero-order valence-electron chi connectivity index (χ0n) is 11.8. The van der Waals surface area contributed by atoms with Gasteiger partial charge in [-0.2, -0.15) is 0 Å². The van der Waals surface area contributed by atoms with E-state index in [4.69, 9.17) is 11.6 Å². The average Bonchev–Trinajstić information content (AvgIpc) is 2.83. The Morgan fingerprint density at radius 1 is 1.09 bits per heavy atom. The van der Waals surface area contributed by atoms with Crippen LogP contribution >= 0.6 is 11.6 Å². The predicted octanol–water partition coefficient (Wildman–Crippen LogP) is 2.76. The van der Waals surface area contributed by atoms with Gasteiger partial charge < -0.3 is 0 Å². The van der Waals surface area contributed by atoms with Crippen LogP contribution in [-0.2, 0) is 6.42 Å². The smallest absolute Gasteiger partial charge is 0.259 e. The number of aromatic nitrogens is 2. The van der Waals surface area contributed by atoms with Gasteiger partial charge >= 0.3 is 0 Å². The van der Waals surface area contributed by atoms with E-state index in [1.54, 1.807) is 24.4 Å². The SMILES string of the molecule is O=C1NC(=O)c2c(Cc3cc4nc(Cl)ccc4cn3)cccc21. The molecule has 5 nitrogen and oxygen atoms in total. The number of benzene rings is 1. The Balaban J connectivity index is 1.77. The molecule has 0 bridgehead atoms. The van der Waals surface area contributed by atoms with Crippen LogP contribution in [0.3, 0.4) is 0 Å². The van der Waals surface area contributed by atoms with Crippen molar-refractivity contribution in [3.63, 3.8) is 0 Å². The van der Waals surface area contributed by atoms with Gasteiger partial charge in [0, 0.05) is 23.7 Å². The Labute approximate surface area is 136 Å². The number of nitrogens with one attached hydrogen (secondary N) is 1. The summed E-state index contributed by atoms with van der Waals surface area (Å²) in [7, 11) is 0. The van der Waals surface area contributed by atoms with E-state index in [1.807, 2.05) is 18.2 Å². The van der Waals surface area contributed by atoms with E-state index in [-0.39, 0.29) is 11.8 Å². The van der Waals surface area contributed by atoms with Gasteiger partial charge in [-0.1, -0.05) is 23.7 Å². The number of fused-ring (bicyclic) bond motifs is 2.